The zero-order valence-corrected chi connectivity index (χ0v) is 9.34. The average Bonchev–Trinajstić information content (AvgIpc) is 2.20. The van der Waals surface area contributed by atoms with Crippen molar-refractivity contribution in [1.82, 2.24) is 4.90 Å². The molecule has 1 saturated carbocycles. The third-order valence-corrected chi connectivity index (χ3v) is 3.23. The van der Waals surface area contributed by atoms with Crippen molar-refractivity contribution in [3.8, 4) is 0 Å². The van der Waals surface area contributed by atoms with E-state index in [-0.39, 0.29) is 0 Å². The van der Waals surface area contributed by atoms with Crippen LogP contribution in [0.1, 0.15) is 46.0 Å². The Labute approximate surface area is 82.8 Å². The number of rotatable bonds is 3. The molecule has 0 spiro atoms. The van der Waals surface area contributed by atoms with Gasteiger partial charge in [0.15, 0.2) is 0 Å². The molecule has 0 aromatic rings. The van der Waals surface area contributed by atoms with Gasteiger partial charge in [0.05, 0.1) is 0 Å². The monoisotopic (exact) mass is 181 g/mol. The number of allylic oxidation sites excluding steroid dienone is 2. The Morgan fingerprint density at radius 3 is 2.38 bits per heavy atom. The first-order chi connectivity index (χ1) is 6.29. The fourth-order valence-electron chi connectivity index (χ4n) is 2.35. The van der Waals surface area contributed by atoms with Crippen molar-refractivity contribution in [2.45, 2.75) is 46.0 Å². The first-order valence-electron chi connectivity index (χ1n) is 5.67. The maximum Gasteiger partial charge on any atom is 0.0143 e. The molecule has 0 saturated heterocycles. The molecule has 1 rings (SSSR count). The van der Waals surface area contributed by atoms with E-state index in [4.69, 9.17) is 0 Å². The van der Waals surface area contributed by atoms with Gasteiger partial charge in [0.2, 0.25) is 0 Å². The summed E-state index contributed by atoms with van der Waals surface area (Å²) in [5, 5.41) is 0. The van der Waals surface area contributed by atoms with Gasteiger partial charge in [-0.05, 0) is 32.6 Å². The molecule has 0 bridgehead atoms. The minimum atomic E-state index is 0.851. The molecule has 76 valence electrons. The van der Waals surface area contributed by atoms with E-state index in [1.807, 2.05) is 0 Å². The number of hydrogen-bond acceptors (Lipinski definition) is 1. The minimum Gasteiger partial charge on any atom is -0.378 e. The molecule has 0 heterocycles. The Hall–Kier alpha value is -0.460. The van der Waals surface area contributed by atoms with Gasteiger partial charge in [-0.15, -0.1) is 0 Å². The quantitative estimate of drug-likeness (QED) is 0.645. The molecule has 0 radical (unpaired) electrons. The highest BCUT2D eigenvalue weighted by Crippen LogP contribution is 2.30. The van der Waals surface area contributed by atoms with E-state index < -0.39 is 0 Å². The van der Waals surface area contributed by atoms with Crippen LogP contribution in [-0.2, 0) is 0 Å². The zero-order valence-electron chi connectivity index (χ0n) is 9.34. The van der Waals surface area contributed by atoms with Crippen molar-refractivity contribution >= 4 is 0 Å². The van der Waals surface area contributed by atoms with E-state index in [2.05, 4.69) is 31.9 Å². The second kappa shape index (κ2) is 5.31. The summed E-state index contributed by atoms with van der Waals surface area (Å²) in [6.45, 7) is 5.54. The largest absolute Gasteiger partial charge is 0.378 e. The van der Waals surface area contributed by atoms with Gasteiger partial charge >= 0.3 is 0 Å². The maximum atomic E-state index is 2.40. The Balaban J connectivity index is 2.54. The van der Waals surface area contributed by atoms with Gasteiger partial charge in [-0.1, -0.05) is 25.3 Å². The lowest BCUT2D eigenvalue weighted by Gasteiger charge is -2.31. The lowest BCUT2D eigenvalue weighted by atomic mass is 9.86. The van der Waals surface area contributed by atoms with Crippen molar-refractivity contribution in [3.05, 3.63) is 11.8 Å². The fraction of sp³-hybridized carbons (Fsp3) is 0.833. The van der Waals surface area contributed by atoms with Gasteiger partial charge < -0.3 is 4.90 Å². The van der Waals surface area contributed by atoms with Crippen molar-refractivity contribution in [2.75, 3.05) is 13.6 Å². The van der Waals surface area contributed by atoms with E-state index in [0.29, 0.717) is 0 Å². The third kappa shape index (κ3) is 2.75. The van der Waals surface area contributed by atoms with Crippen molar-refractivity contribution in [1.29, 1.82) is 0 Å². The van der Waals surface area contributed by atoms with Crippen molar-refractivity contribution in [3.63, 3.8) is 0 Å². The number of hydrogen-bond donors (Lipinski definition) is 0. The van der Waals surface area contributed by atoms with Gasteiger partial charge in [0, 0.05) is 19.3 Å². The molecule has 0 N–H and O–H groups in total. The molecule has 0 aromatic heterocycles. The van der Waals surface area contributed by atoms with Crippen LogP contribution in [0.3, 0.4) is 0 Å². The van der Waals surface area contributed by atoms with Gasteiger partial charge in [-0.25, -0.2) is 0 Å². The van der Waals surface area contributed by atoms with E-state index in [1.54, 1.807) is 5.70 Å². The molecule has 0 atom stereocenters. The summed E-state index contributed by atoms with van der Waals surface area (Å²) < 4.78 is 0. The topological polar surface area (TPSA) is 3.24 Å². The molecule has 1 nitrogen and oxygen atoms in total. The predicted molar refractivity (Wildman–Crippen MR) is 58.6 cm³/mol. The van der Waals surface area contributed by atoms with Gasteiger partial charge in [-0.2, -0.15) is 0 Å². The summed E-state index contributed by atoms with van der Waals surface area (Å²) in [6.07, 6.45) is 9.43. The van der Waals surface area contributed by atoms with Gasteiger partial charge in [0.1, 0.15) is 0 Å². The van der Waals surface area contributed by atoms with E-state index in [9.17, 15) is 0 Å². The molecule has 0 unspecified atom stereocenters. The second-order valence-corrected chi connectivity index (χ2v) is 4.06. The highest BCUT2D eigenvalue weighted by molar-refractivity contribution is 5.04. The lowest BCUT2D eigenvalue weighted by Crippen LogP contribution is -2.24. The summed E-state index contributed by atoms with van der Waals surface area (Å²) in [6, 6.07) is 0. The second-order valence-electron chi connectivity index (χ2n) is 4.06. The summed E-state index contributed by atoms with van der Waals surface area (Å²) in [5.74, 6) is 0.851. The standard InChI is InChI=1S/C12H23N/c1-4-12(13(3)5-2)11-9-7-6-8-10-11/h4,11H,5-10H2,1-3H3/b12-4-. The average molecular weight is 181 g/mol. The molecule has 1 fully saturated rings. The number of nitrogens with zero attached hydrogens (tertiary/aromatic N) is 1. The minimum absolute atomic E-state index is 0.851. The zero-order chi connectivity index (χ0) is 9.68. The Kier molecular flexibility index (Phi) is 4.34. The summed E-state index contributed by atoms with van der Waals surface area (Å²) >= 11 is 0. The molecule has 1 heteroatoms. The van der Waals surface area contributed by atoms with Crippen LogP contribution in [0.4, 0.5) is 0 Å². The predicted octanol–water partition coefficient (Wildman–Crippen LogP) is 3.42. The summed E-state index contributed by atoms with van der Waals surface area (Å²) in [5.41, 5.74) is 1.57. The first-order valence-corrected chi connectivity index (χ1v) is 5.67. The van der Waals surface area contributed by atoms with E-state index in [0.717, 1.165) is 12.5 Å². The Morgan fingerprint density at radius 1 is 1.31 bits per heavy atom. The van der Waals surface area contributed by atoms with Crippen LogP contribution in [0.25, 0.3) is 0 Å². The van der Waals surface area contributed by atoms with Crippen LogP contribution in [-0.4, -0.2) is 18.5 Å². The van der Waals surface area contributed by atoms with Crippen molar-refractivity contribution in [2.24, 2.45) is 5.92 Å². The third-order valence-electron chi connectivity index (χ3n) is 3.23. The summed E-state index contributed by atoms with van der Waals surface area (Å²) in [4.78, 5) is 2.40. The SMILES string of the molecule is C/C=C(/C1CCCCC1)N(C)CC. The normalized spacial score (nSPS) is 20.4. The van der Waals surface area contributed by atoms with Crippen LogP contribution in [0.15, 0.2) is 11.8 Å². The van der Waals surface area contributed by atoms with E-state index in [1.165, 1.54) is 32.1 Å². The molecule has 0 amide bonds. The first kappa shape index (κ1) is 10.6. The van der Waals surface area contributed by atoms with Gasteiger partial charge in [0.25, 0.3) is 0 Å². The molecular weight excluding hydrogens is 158 g/mol. The highest BCUT2D eigenvalue weighted by atomic mass is 15.1. The van der Waals surface area contributed by atoms with Crippen LogP contribution in [0, 0.1) is 5.92 Å². The summed E-state index contributed by atoms with van der Waals surface area (Å²) in [7, 11) is 2.21. The smallest absolute Gasteiger partial charge is 0.0143 e. The van der Waals surface area contributed by atoms with Crippen LogP contribution < -0.4 is 0 Å². The van der Waals surface area contributed by atoms with Gasteiger partial charge in [-0.3, -0.25) is 0 Å². The van der Waals surface area contributed by atoms with Crippen LogP contribution >= 0.6 is 0 Å². The van der Waals surface area contributed by atoms with E-state index >= 15 is 0 Å². The Bertz CT molecular complexity index is 166. The molecule has 13 heavy (non-hydrogen) atoms. The fourth-order valence-corrected chi connectivity index (χ4v) is 2.35. The molecule has 0 aliphatic heterocycles. The highest BCUT2D eigenvalue weighted by Gasteiger charge is 2.18. The molecule has 1 aliphatic carbocycles. The molecule has 0 aromatic carbocycles. The molecule has 1 aliphatic rings. The molecular formula is C12H23N. The van der Waals surface area contributed by atoms with Crippen LogP contribution in [0.2, 0.25) is 0 Å². The maximum absolute atomic E-state index is 2.40. The van der Waals surface area contributed by atoms with Crippen LogP contribution in [0.5, 0.6) is 0 Å². The van der Waals surface area contributed by atoms with Crippen molar-refractivity contribution < 1.29 is 0 Å². The lowest BCUT2D eigenvalue weighted by molar-refractivity contribution is 0.310. The Morgan fingerprint density at radius 2 is 1.92 bits per heavy atom.